The first-order valence-electron chi connectivity index (χ1n) is 12.1. The van der Waals surface area contributed by atoms with Crippen LogP contribution in [0.2, 0.25) is 0 Å². The van der Waals surface area contributed by atoms with Crippen molar-refractivity contribution < 1.29 is 18.0 Å². The number of hydrogen-bond donors (Lipinski definition) is 2. The van der Waals surface area contributed by atoms with E-state index in [4.69, 9.17) is 0 Å². The molecule has 11 heteroatoms. The van der Waals surface area contributed by atoms with Crippen LogP contribution in [-0.4, -0.2) is 36.6 Å². The Balaban J connectivity index is 1.64. The van der Waals surface area contributed by atoms with Crippen LogP contribution in [0.25, 0.3) is 11.3 Å². The molecule has 198 valence electrons. The molecule has 0 saturated carbocycles. The maximum absolute atomic E-state index is 14.4. The molecule has 3 aromatic heterocycles. The number of hydrogen-bond acceptors (Lipinski definition) is 6. The molecule has 0 spiro atoms. The molecule has 39 heavy (non-hydrogen) atoms. The molecule has 0 radical (unpaired) electrons. The van der Waals surface area contributed by atoms with Crippen molar-refractivity contribution in [3.63, 3.8) is 0 Å². The molecule has 5 rings (SSSR count). The molecule has 0 saturated heterocycles. The summed E-state index contributed by atoms with van der Waals surface area (Å²) in [6.07, 6.45) is 5.43. The predicted molar refractivity (Wildman–Crippen MR) is 140 cm³/mol. The van der Waals surface area contributed by atoms with Gasteiger partial charge in [-0.3, -0.25) is 9.78 Å². The molecule has 1 aromatic carbocycles. The first-order chi connectivity index (χ1) is 18.7. The average Bonchev–Trinajstić information content (AvgIpc) is 3.37. The van der Waals surface area contributed by atoms with Crippen LogP contribution in [0.3, 0.4) is 0 Å². The number of carbonyl (C=O) groups excluding carboxylic acids is 1. The summed E-state index contributed by atoms with van der Waals surface area (Å²) in [5.41, 5.74) is -0.413. The van der Waals surface area contributed by atoms with Crippen LogP contribution in [0.5, 0.6) is 0 Å². The van der Waals surface area contributed by atoms with Gasteiger partial charge in [0.05, 0.1) is 17.7 Å². The van der Waals surface area contributed by atoms with Gasteiger partial charge in [0.25, 0.3) is 5.91 Å². The summed E-state index contributed by atoms with van der Waals surface area (Å²) in [5.74, 6) is -1.83. The number of amides is 1. The maximum atomic E-state index is 14.4. The first-order valence-corrected chi connectivity index (χ1v) is 12.1. The van der Waals surface area contributed by atoms with Gasteiger partial charge in [-0.2, -0.15) is 13.2 Å². The molecule has 2 atom stereocenters. The number of halogens is 3. The van der Waals surface area contributed by atoms with Crippen LogP contribution in [0.1, 0.15) is 12.6 Å². The fourth-order valence-corrected chi connectivity index (χ4v) is 4.52. The third kappa shape index (κ3) is 5.28. The third-order valence-electron chi connectivity index (χ3n) is 6.50. The molecule has 0 bridgehead atoms. The number of aromatic nitrogens is 5. The van der Waals surface area contributed by atoms with Gasteiger partial charge in [-0.1, -0.05) is 25.1 Å². The second-order valence-electron chi connectivity index (χ2n) is 9.12. The highest BCUT2D eigenvalue weighted by Crippen LogP contribution is 2.45. The second kappa shape index (κ2) is 10.2. The van der Waals surface area contributed by atoms with E-state index in [0.29, 0.717) is 22.6 Å². The lowest BCUT2D eigenvalue weighted by atomic mass is 9.79. The van der Waals surface area contributed by atoms with Crippen LogP contribution >= 0.6 is 0 Å². The Morgan fingerprint density at radius 2 is 1.85 bits per heavy atom. The molecule has 2 N–H and O–H groups in total. The van der Waals surface area contributed by atoms with Crippen molar-refractivity contribution in [3.8, 4) is 11.3 Å². The Kier molecular flexibility index (Phi) is 6.73. The van der Waals surface area contributed by atoms with Crippen molar-refractivity contribution in [1.82, 2.24) is 24.5 Å². The van der Waals surface area contributed by atoms with Gasteiger partial charge in [0.1, 0.15) is 5.66 Å². The van der Waals surface area contributed by atoms with E-state index < -0.39 is 29.2 Å². The van der Waals surface area contributed by atoms with Gasteiger partial charge in [0.15, 0.2) is 0 Å². The van der Waals surface area contributed by atoms with Crippen molar-refractivity contribution in [2.75, 3.05) is 10.6 Å². The Hall–Kier alpha value is -4.80. The van der Waals surface area contributed by atoms with Crippen LogP contribution in [0.15, 0.2) is 103 Å². The summed E-state index contributed by atoms with van der Waals surface area (Å²) in [7, 11) is 0. The minimum absolute atomic E-state index is 0.0667. The number of alkyl halides is 3. The minimum atomic E-state index is -4.72. The molecule has 3 heterocycles. The zero-order valence-corrected chi connectivity index (χ0v) is 21.0. The number of anilines is 2. The molecule has 0 unspecified atom stereocenters. The zero-order valence-electron chi connectivity index (χ0n) is 21.0. The zero-order chi connectivity index (χ0) is 27.6. The topological polar surface area (TPSA) is 97.6 Å². The lowest BCUT2D eigenvalue weighted by Gasteiger charge is -2.42. The van der Waals surface area contributed by atoms with E-state index in [9.17, 15) is 18.0 Å². The largest absolute Gasteiger partial charge is 0.413 e. The number of nitrogens with one attached hydrogen (secondary N) is 2. The fourth-order valence-electron chi connectivity index (χ4n) is 4.52. The van der Waals surface area contributed by atoms with Crippen LogP contribution in [0.4, 0.5) is 24.8 Å². The SMILES string of the molecule is Cc1cn([C@@]2(Nc3nccc(-c4cccnc4)n3)C=C(C(=O)Nc3ccccc3)C=C(C(F)(F)F)[C@H]2C)cn1. The van der Waals surface area contributed by atoms with Gasteiger partial charge in [-0.05, 0) is 49.4 Å². The minimum Gasteiger partial charge on any atom is -0.327 e. The highest BCUT2D eigenvalue weighted by Gasteiger charge is 2.50. The molecule has 1 amide bonds. The molecule has 8 nitrogen and oxygen atoms in total. The van der Waals surface area contributed by atoms with Gasteiger partial charge < -0.3 is 15.2 Å². The lowest BCUT2D eigenvalue weighted by molar-refractivity contribution is -0.113. The summed E-state index contributed by atoms with van der Waals surface area (Å²) >= 11 is 0. The Labute approximate surface area is 222 Å². The predicted octanol–water partition coefficient (Wildman–Crippen LogP) is 5.51. The van der Waals surface area contributed by atoms with Crippen molar-refractivity contribution >= 4 is 17.5 Å². The average molecular weight is 532 g/mol. The summed E-state index contributed by atoms with van der Waals surface area (Å²) in [6, 6.07) is 13.8. The highest BCUT2D eigenvalue weighted by atomic mass is 19.4. The number of rotatable bonds is 6. The number of carbonyl (C=O) groups is 1. The number of para-hydroxylation sites is 1. The van der Waals surface area contributed by atoms with Gasteiger partial charge in [0.2, 0.25) is 5.95 Å². The number of benzene rings is 1. The Morgan fingerprint density at radius 1 is 1.05 bits per heavy atom. The normalized spacial score (nSPS) is 19.2. The van der Waals surface area contributed by atoms with Crippen molar-refractivity contribution in [2.45, 2.75) is 25.7 Å². The second-order valence-corrected chi connectivity index (χ2v) is 9.12. The quantitative estimate of drug-likeness (QED) is 0.341. The smallest absolute Gasteiger partial charge is 0.327 e. The monoisotopic (exact) mass is 531 g/mol. The first kappa shape index (κ1) is 25.8. The molecular weight excluding hydrogens is 507 g/mol. The summed E-state index contributed by atoms with van der Waals surface area (Å²) in [5, 5.41) is 5.80. The van der Waals surface area contributed by atoms with E-state index in [1.54, 1.807) is 68.0 Å². The summed E-state index contributed by atoms with van der Waals surface area (Å²) in [4.78, 5) is 30.5. The maximum Gasteiger partial charge on any atom is 0.413 e. The van der Waals surface area contributed by atoms with E-state index >= 15 is 0 Å². The molecule has 0 fully saturated rings. The van der Waals surface area contributed by atoms with Crippen molar-refractivity contribution in [3.05, 3.63) is 109 Å². The van der Waals surface area contributed by atoms with Gasteiger partial charge in [0, 0.05) is 53.1 Å². The van der Waals surface area contributed by atoms with Crippen LogP contribution in [-0.2, 0) is 10.5 Å². The number of pyridine rings is 1. The van der Waals surface area contributed by atoms with Gasteiger partial charge >= 0.3 is 6.18 Å². The molecule has 0 aliphatic heterocycles. The number of nitrogens with zero attached hydrogens (tertiary/aromatic N) is 5. The molecule has 1 aliphatic rings. The van der Waals surface area contributed by atoms with Crippen LogP contribution < -0.4 is 10.6 Å². The van der Waals surface area contributed by atoms with Crippen molar-refractivity contribution in [1.29, 1.82) is 0 Å². The number of aryl methyl sites for hydroxylation is 1. The van der Waals surface area contributed by atoms with Gasteiger partial charge in [-0.15, -0.1) is 0 Å². The van der Waals surface area contributed by atoms with Crippen LogP contribution in [0, 0.1) is 12.8 Å². The summed E-state index contributed by atoms with van der Waals surface area (Å²) in [6.45, 7) is 3.17. The molecular formula is C28H24F3N7O. The molecule has 1 aliphatic carbocycles. The molecule has 4 aromatic rings. The van der Waals surface area contributed by atoms with Crippen molar-refractivity contribution in [2.24, 2.45) is 5.92 Å². The summed E-state index contributed by atoms with van der Waals surface area (Å²) < 4.78 is 44.8. The van der Waals surface area contributed by atoms with E-state index in [2.05, 4.69) is 30.6 Å². The van der Waals surface area contributed by atoms with Gasteiger partial charge in [-0.25, -0.2) is 15.0 Å². The standard InChI is InChI=1S/C28H24F3N7O/c1-18-16-38(17-34-18)27(37-26-33-12-10-24(36-26)20-7-6-11-32-15-20)14-21(13-23(19(27)2)28(29,30)31)25(39)35-22-8-4-3-5-9-22/h3-17,19H,1-2H3,(H,35,39)(H,33,36,37)/t19-,27+/m1/s1. The lowest BCUT2D eigenvalue weighted by Crippen LogP contribution is -2.50. The van der Waals surface area contributed by atoms with E-state index in [1.165, 1.54) is 30.1 Å². The van der Waals surface area contributed by atoms with E-state index in [0.717, 1.165) is 6.08 Å². The van der Waals surface area contributed by atoms with E-state index in [1.807, 2.05) is 6.07 Å². The number of imidazole rings is 1. The highest BCUT2D eigenvalue weighted by molar-refractivity contribution is 6.06. The Bertz CT molecular complexity index is 1550. The van der Waals surface area contributed by atoms with E-state index in [-0.39, 0.29) is 11.5 Å². The fraction of sp³-hybridized carbons (Fsp3) is 0.179. The Morgan fingerprint density at radius 3 is 2.51 bits per heavy atom. The third-order valence-corrected chi connectivity index (χ3v) is 6.50.